The minimum Gasteiger partial charge on any atom is -0.267 e. The average molecular weight is 448 g/mol. The molecule has 1 aromatic heterocycles. The highest BCUT2D eigenvalue weighted by atomic mass is 79.9. The van der Waals surface area contributed by atoms with Crippen molar-refractivity contribution in [1.82, 2.24) is 10.4 Å². The molecule has 0 fully saturated rings. The van der Waals surface area contributed by atoms with E-state index >= 15 is 0 Å². The van der Waals surface area contributed by atoms with E-state index in [4.69, 9.17) is 0 Å². The normalized spacial score (nSPS) is 11.1. The van der Waals surface area contributed by atoms with Crippen molar-refractivity contribution in [3.63, 3.8) is 0 Å². The van der Waals surface area contributed by atoms with Crippen LogP contribution in [0.1, 0.15) is 15.9 Å². The second-order valence-electron chi connectivity index (χ2n) is 6.30. The fourth-order valence-corrected chi connectivity index (χ4v) is 3.20. The van der Waals surface area contributed by atoms with Crippen molar-refractivity contribution in [2.24, 2.45) is 5.10 Å². The van der Waals surface area contributed by atoms with Gasteiger partial charge in [-0.3, -0.25) is 4.79 Å². The van der Waals surface area contributed by atoms with Gasteiger partial charge in [-0.1, -0.05) is 64.5 Å². The number of hydrogen-bond acceptors (Lipinski definition) is 3. The van der Waals surface area contributed by atoms with Gasteiger partial charge in [-0.15, -0.1) is 0 Å². The van der Waals surface area contributed by atoms with E-state index in [1.54, 1.807) is 24.3 Å². The SMILES string of the molecule is O=C(N/N=C/c1ccccc1F)c1cc(-c2ccc(Br)cc2)nc2ccccc12. The number of carbonyl (C=O) groups excluding carboxylic acids is 1. The van der Waals surface area contributed by atoms with E-state index in [0.717, 1.165) is 10.0 Å². The quantitative estimate of drug-likeness (QED) is 0.328. The Hall–Kier alpha value is -3.38. The largest absolute Gasteiger partial charge is 0.272 e. The Kier molecular flexibility index (Phi) is 5.44. The Bertz CT molecular complexity index is 1220. The molecule has 1 amide bonds. The number of carbonyl (C=O) groups is 1. The fourth-order valence-electron chi connectivity index (χ4n) is 2.93. The zero-order valence-corrected chi connectivity index (χ0v) is 16.7. The van der Waals surface area contributed by atoms with E-state index in [1.807, 2.05) is 48.5 Å². The molecule has 0 saturated carbocycles. The number of aromatic nitrogens is 1. The Morgan fingerprint density at radius 1 is 1.00 bits per heavy atom. The van der Waals surface area contributed by atoms with Crippen LogP contribution in [0.3, 0.4) is 0 Å². The van der Waals surface area contributed by atoms with Crippen LogP contribution < -0.4 is 5.43 Å². The van der Waals surface area contributed by atoms with E-state index in [-0.39, 0.29) is 0 Å². The number of pyridine rings is 1. The van der Waals surface area contributed by atoms with Crippen molar-refractivity contribution in [3.8, 4) is 11.3 Å². The maximum Gasteiger partial charge on any atom is 0.272 e. The second-order valence-corrected chi connectivity index (χ2v) is 7.22. The van der Waals surface area contributed by atoms with E-state index < -0.39 is 11.7 Å². The first-order valence-electron chi connectivity index (χ1n) is 8.85. The highest BCUT2D eigenvalue weighted by Gasteiger charge is 2.13. The third-order valence-corrected chi connectivity index (χ3v) is 4.90. The molecule has 0 spiro atoms. The Morgan fingerprint density at radius 3 is 2.52 bits per heavy atom. The molecule has 29 heavy (non-hydrogen) atoms. The number of amides is 1. The number of hydrazone groups is 1. The lowest BCUT2D eigenvalue weighted by Gasteiger charge is -2.09. The zero-order valence-electron chi connectivity index (χ0n) is 15.1. The predicted molar refractivity (Wildman–Crippen MR) is 116 cm³/mol. The zero-order chi connectivity index (χ0) is 20.2. The number of fused-ring (bicyclic) bond motifs is 1. The van der Waals surface area contributed by atoms with Crippen molar-refractivity contribution in [1.29, 1.82) is 0 Å². The molecule has 0 atom stereocenters. The summed E-state index contributed by atoms with van der Waals surface area (Å²) in [5, 5.41) is 4.62. The second kappa shape index (κ2) is 8.32. The summed E-state index contributed by atoms with van der Waals surface area (Å²) in [5.74, 6) is -0.799. The van der Waals surface area contributed by atoms with Gasteiger partial charge >= 0.3 is 0 Å². The van der Waals surface area contributed by atoms with Crippen molar-refractivity contribution in [3.05, 3.63) is 100 Å². The van der Waals surface area contributed by atoms with Crippen LogP contribution in [0.2, 0.25) is 0 Å². The van der Waals surface area contributed by atoms with Crippen LogP contribution in [0.15, 0.2) is 88.4 Å². The van der Waals surface area contributed by atoms with E-state index in [2.05, 4.69) is 31.4 Å². The van der Waals surface area contributed by atoms with Gasteiger partial charge in [-0.25, -0.2) is 14.8 Å². The van der Waals surface area contributed by atoms with Crippen molar-refractivity contribution in [2.75, 3.05) is 0 Å². The molecule has 6 heteroatoms. The van der Waals surface area contributed by atoms with E-state index in [1.165, 1.54) is 12.3 Å². The van der Waals surface area contributed by atoms with Crippen LogP contribution in [0.5, 0.6) is 0 Å². The standard InChI is InChI=1S/C23H15BrFN3O/c24-17-11-9-15(10-12-17)22-13-19(18-6-2-4-8-21(18)27-22)23(29)28-26-14-16-5-1-3-7-20(16)25/h1-14H,(H,28,29)/b26-14+. The lowest BCUT2D eigenvalue weighted by atomic mass is 10.0. The summed E-state index contributed by atoms with van der Waals surface area (Å²) in [6.07, 6.45) is 1.28. The smallest absolute Gasteiger partial charge is 0.267 e. The molecule has 3 aromatic carbocycles. The maximum atomic E-state index is 13.7. The molecule has 4 nitrogen and oxygen atoms in total. The molecular weight excluding hydrogens is 433 g/mol. The van der Waals surface area contributed by atoms with Gasteiger partial charge in [-0.05, 0) is 30.3 Å². The van der Waals surface area contributed by atoms with Gasteiger partial charge in [0, 0.05) is 21.0 Å². The summed E-state index contributed by atoms with van der Waals surface area (Å²) in [6, 6.07) is 23.1. The molecule has 4 rings (SSSR count). The van der Waals surface area contributed by atoms with Gasteiger partial charge in [0.15, 0.2) is 0 Å². The first kappa shape index (κ1) is 19.0. The highest BCUT2D eigenvalue weighted by Crippen LogP contribution is 2.26. The summed E-state index contributed by atoms with van der Waals surface area (Å²) >= 11 is 3.42. The van der Waals surface area contributed by atoms with Gasteiger partial charge in [-0.2, -0.15) is 5.10 Å². The third-order valence-electron chi connectivity index (χ3n) is 4.38. The number of benzene rings is 3. The topological polar surface area (TPSA) is 54.4 Å². The fraction of sp³-hybridized carbons (Fsp3) is 0. The van der Waals surface area contributed by atoms with Gasteiger partial charge in [0.1, 0.15) is 5.82 Å². The molecule has 0 saturated heterocycles. The molecule has 4 aromatic rings. The van der Waals surface area contributed by atoms with Crippen LogP contribution in [0.4, 0.5) is 4.39 Å². The lowest BCUT2D eigenvalue weighted by molar-refractivity contribution is 0.0956. The summed E-state index contributed by atoms with van der Waals surface area (Å²) in [6.45, 7) is 0. The van der Waals surface area contributed by atoms with Crippen LogP contribution in [-0.4, -0.2) is 17.1 Å². The molecule has 1 heterocycles. The minimum atomic E-state index is -0.405. The molecule has 0 radical (unpaired) electrons. The minimum absolute atomic E-state index is 0.294. The van der Waals surface area contributed by atoms with Gasteiger partial charge in [0.25, 0.3) is 5.91 Å². The van der Waals surface area contributed by atoms with Crippen LogP contribution in [0, 0.1) is 5.82 Å². The summed E-state index contributed by atoms with van der Waals surface area (Å²) in [4.78, 5) is 17.5. The molecule has 0 aliphatic rings. The van der Waals surface area contributed by atoms with E-state index in [0.29, 0.717) is 27.7 Å². The van der Waals surface area contributed by atoms with Crippen LogP contribution >= 0.6 is 15.9 Å². The monoisotopic (exact) mass is 447 g/mol. The molecule has 0 bridgehead atoms. The van der Waals surface area contributed by atoms with Crippen molar-refractivity contribution >= 4 is 39.0 Å². The molecule has 1 N–H and O–H groups in total. The van der Waals surface area contributed by atoms with Crippen LogP contribution in [-0.2, 0) is 0 Å². The first-order valence-corrected chi connectivity index (χ1v) is 9.65. The molecule has 0 aliphatic carbocycles. The van der Waals surface area contributed by atoms with E-state index in [9.17, 15) is 9.18 Å². The number of hydrogen-bond donors (Lipinski definition) is 1. The average Bonchev–Trinajstić information content (AvgIpc) is 2.74. The van der Waals surface area contributed by atoms with Gasteiger partial charge < -0.3 is 0 Å². The van der Waals surface area contributed by atoms with Crippen LogP contribution in [0.25, 0.3) is 22.2 Å². The van der Waals surface area contributed by atoms with Gasteiger partial charge in [0.2, 0.25) is 0 Å². The predicted octanol–water partition coefficient (Wildman–Crippen LogP) is 5.57. The Morgan fingerprint density at radius 2 is 1.72 bits per heavy atom. The first-order chi connectivity index (χ1) is 14.1. The Labute approximate surface area is 175 Å². The molecule has 0 unspecified atom stereocenters. The number of nitrogens with zero attached hydrogens (tertiary/aromatic N) is 2. The number of halogens is 2. The number of rotatable bonds is 4. The van der Waals surface area contributed by atoms with Crippen molar-refractivity contribution in [2.45, 2.75) is 0 Å². The lowest BCUT2D eigenvalue weighted by Crippen LogP contribution is -2.18. The molecular formula is C23H15BrFN3O. The summed E-state index contributed by atoms with van der Waals surface area (Å²) < 4.78 is 14.7. The Balaban J connectivity index is 1.69. The van der Waals surface area contributed by atoms with Crippen molar-refractivity contribution < 1.29 is 9.18 Å². The molecule has 142 valence electrons. The number of nitrogens with one attached hydrogen (secondary N) is 1. The van der Waals surface area contributed by atoms with Gasteiger partial charge in [0.05, 0.1) is 23.0 Å². The summed E-state index contributed by atoms with van der Waals surface area (Å²) in [7, 11) is 0. The maximum absolute atomic E-state index is 13.7. The third kappa shape index (κ3) is 4.22. The number of para-hydroxylation sites is 1. The molecule has 0 aliphatic heterocycles. The summed E-state index contributed by atoms with van der Waals surface area (Å²) in [5.41, 5.74) is 5.50. The highest BCUT2D eigenvalue weighted by molar-refractivity contribution is 9.10.